The molecule has 0 saturated carbocycles. The predicted molar refractivity (Wildman–Crippen MR) is 53.4 cm³/mol. The van der Waals surface area contributed by atoms with Crippen LogP contribution in [-0.4, -0.2) is 11.6 Å². The lowest BCUT2D eigenvalue weighted by Crippen LogP contribution is -2.20. The van der Waals surface area contributed by atoms with Gasteiger partial charge in [0.15, 0.2) is 5.78 Å². The minimum Gasteiger partial charge on any atom is -0.299 e. The molecule has 0 amide bonds. The Morgan fingerprint density at radius 2 is 1.93 bits per heavy atom. The van der Waals surface area contributed by atoms with Gasteiger partial charge in [0.1, 0.15) is 5.78 Å². The molecule has 1 aliphatic rings. The third-order valence-corrected chi connectivity index (χ3v) is 2.94. The summed E-state index contributed by atoms with van der Waals surface area (Å²) in [6.07, 6.45) is 0. The standard InChI is InChI=1S/C12H12O2/c1-7-9-5-3-4-6-10(9)12(14)11(7)8(2)13/h3-7,11H,1-2H3. The molecule has 0 spiro atoms. The molecule has 2 heteroatoms. The lowest BCUT2D eigenvalue weighted by molar-refractivity contribution is -0.119. The molecule has 0 saturated heterocycles. The third-order valence-electron chi connectivity index (χ3n) is 2.94. The van der Waals surface area contributed by atoms with Crippen LogP contribution in [0.1, 0.15) is 35.7 Å². The average molecular weight is 188 g/mol. The molecule has 72 valence electrons. The van der Waals surface area contributed by atoms with E-state index in [4.69, 9.17) is 0 Å². The molecule has 2 unspecified atom stereocenters. The van der Waals surface area contributed by atoms with Crippen molar-refractivity contribution in [2.24, 2.45) is 5.92 Å². The molecule has 2 atom stereocenters. The number of Topliss-reactive ketones (excluding diaryl/α,β-unsaturated/α-hetero) is 2. The van der Waals surface area contributed by atoms with Crippen molar-refractivity contribution in [1.29, 1.82) is 0 Å². The van der Waals surface area contributed by atoms with Gasteiger partial charge in [0.25, 0.3) is 0 Å². The number of fused-ring (bicyclic) bond motifs is 1. The van der Waals surface area contributed by atoms with Crippen molar-refractivity contribution in [3.63, 3.8) is 0 Å². The normalized spacial score (nSPS) is 24.9. The number of rotatable bonds is 1. The van der Waals surface area contributed by atoms with E-state index in [2.05, 4.69) is 0 Å². The van der Waals surface area contributed by atoms with Gasteiger partial charge in [-0.15, -0.1) is 0 Å². The van der Waals surface area contributed by atoms with Gasteiger partial charge in [-0.25, -0.2) is 0 Å². The van der Waals surface area contributed by atoms with Crippen LogP contribution in [0, 0.1) is 5.92 Å². The summed E-state index contributed by atoms with van der Waals surface area (Å²) in [5.41, 5.74) is 1.73. The highest BCUT2D eigenvalue weighted by Crippen LogP contribution is 2.37. The Hall–Kier alpha value is -1.44. The molecule has 2 rings (SSSR count). The molecular weight excluding hydrogens is 176 g/mol. The molecule has 0 radical (unpaired) electrons. The summed E-state index contributed by atoms with van der Waals surface area (Å²) in [6.45, 7) is 3.43. The number of ketones is 2. The van der Waals surface area contributed by atoms with E-state index in [1.165, 1.54) is 6.92 Å². The van der Waals surface area contributed by atoms with Crippen molar-refractivity contribution in [3.8, 4) is 0 Å². The monoisotopic (exact) mass is 188 g/mol. The van der Waals surface area contributed by atoms with Gasteiger partial charge in [0.05, 0.1) is 5.92 Å². The van der Waals surface area contributed by atoms with E-state index >= 15 is 0 Å². The van der Waals surface area contributed by atoms with E-state index in [1.54, 1.807) is 6.07 Å². The van der Waals surface area contributed by atoms with Crippen LogP contribution in [0.25, 0.3) is 0 Å². The summed E-state index contributed by atoms with van der Waals surface area (Å²) in [7, 11) is 0. The second-order valence-corrected chi connectivity index (χ2v) is 3.83. The molecule has 1 aromatic rings. The maximum absolute atomic E-state index is 11.8. The van der Waals surface area contributed by atoms with E-state index in [0.29, 0.717) is 0 Å². The van der Waals surface area contributed by atoms with E-state index in [9.17, 15) is 9.59 Å². The van der Waals surface area contributed by atoms with Crippen molar-refractivity contribution in [1.82, 2.24) is 0 Å². The van der Waals surface area contributed by atoms with Gasteiger partial charge in [-0.05, 0) is 18.4 Å². The minimum atomic E-state index is -0.451. The van der Waals surface area contributed by atoms with Crippen LogP contribution in [0.4, 0.5) is 0 Å². The van der Waals surface area contributed by atoms with Gasteiger partial charge in [0, 0.05) is 5.56 Å². The quantitative estimate of drug-likeness (QED) is 0.633. The molecule has 0 fully saturated rings. The minimum absolute atomic E-state index is 0.0133. The number of hydrogen-bond donors (Lipinski definition) is 0. The van der Waals surface area contributed by atoms with Gasteiger partial charge in [0.2, 0.25) is 0 Å². The molecule has 0 heterocycles. The molecule has 0 bridgehead atoms. The van der Waals surface area contributed by atoms with Crippen LogP contribution in [0.2, 0.25) is 0 Å². The highest BCUT2D eigenvalue weighted by Gasteiger charge is 2.39. The third kappa shape index (κ3) is 1.10. The summed E-state index contributed by atoms with van der Waals surface area (Å²) in [5.74, 6) is -0.456. The maximum atomic E-state index is 11.8. The second-order valence-electron chi connectivity index (χ2n) is 3.83. The van der Waals surface area contributed by atoms with E-state index in [0.717, 1.165) is 11.1 Å². The highest BCUT2D eigenvalue weighted by molar-refractivity contribution is 6.14. The lowest BCUT2D eigenvalue weighted by Gasteiger charge is -2.09. The lowest BCUT2D eigenvalue weighted by atomic mass is 9.91. The van der Waals surface area contributed by atoms with Crippen LogP contribution >= 0.6 is 0 Å². The van der Waals surface area contributed by atoms with Gasteiger partial charge >= 0.3 is 0 Å². The maximum Gasteiger partial charge on any atom is 0.174 e. The summed E-state index contributed by atoms with van der Waals surface area (Å²) < 4.78 is 0. The fraction of sp³-hybridized carbons (Fsp3) is 0.333. The van der Waals surface area contributed by atoms with Gasteiger partial charge in [-0.1, -0.05) is 31.2 Å². The SMILES string of the molecule is CC(=O)C1C(=O)c2ccccc2C1C. The zero-order valence-corrected chi connectivity index (χ0v) is 8.28. The van der Waals surface area contributed by atoms with E-state index in [-0.39, 0.29) is 17.5 Å². The first-order valence-electron chi connectivity index (χ1n) is 4.76. The molecule has 1 aliphatic carbocycles. The van der Waals surface area contributed by atoms with Crippen LogP contribution in [0.3, 0.4) is 0 Å². The number of carbonyl (C=O) groups excluding carboxylic acids is 2. The molecule has 2 nitrogen and oxygen atoms in total. The Labute approximate surface area is 82.9 Å². The Morgan fingerprint density at radius 3 is 2.50 bits per heavy atom. The van der Waals surface area contributed by atoms with Crippen molar-refractivity contribution in [2.45, 2.75) is 19.8 Å². The smallest absolute Gasteiger partial charge is 0.174 e. The molecular formula is C12H12O2. The molecule has 0 N–H and O–H groups in total. The first-order valence-corrected chi connectivity index (χ1v) is 4.76. The predicted octanol–water partition coefficient (Wildman–Crippen LogP) is 2.19. The Kier molecular flexibility index (Phi) is 1.99. The number of carbonyl (C=O) groups is 2. The number of hydrogen-bond acceptors (Lipinski definition) is 2. The number of benzene rings is 1. The van der Waals surface area contributed by atoms with Crippen LogP contribution in [0.5, 0.6) is 0 Å². The fourth-order valence-electron chi connectivity index (χ4n) is 2.23. The Balaban J connectivity index is 2.53. The van der Waals surface area contributed by atoms with Crippen molar-refractivity contribution in [3.05, 3.63) is 35.4 Å². The highest BCUT2D eigenvalue weighted by atomic mass is 16.1. The zero-order chi connectivity index (χ0) is 10.3. The summed E-state index contributed by atoms with van der Waals surface area (Å²) in [6, 6.07) is 7.48. The Bertz CT molecular complexity index is 407. The molecule has 1 aromatic carbocycles. The molecule has 0 aromatic heterocycles. The summed E-state index contributed by atoms with van der Waals surface area (Å²) in [5, 5.41) is 0. The first kappa shape index (κ1) is 9.13. The summed E-state index contributed by atoms with van der Waals surface area (Å²) >= 11 is 0. The largest absolute Gasteiger partial charge is 0.299 e. The average Bonchev–Trinajstić information content (AvgIpc) is 2.41. The van der Waals surface area contributed by atoms with Gasteiger partial charge in [-0.2, -0.15) is 0 Å². The second kappa shape index (κ2) is 3.05. The molecule has 14 heavy (non-hydrogen) atoms. The van der Waals surface area contributed by atoms with Crippen LogP contribution < -0.4 is 0 Å². The van der Waals surface area contributed by atoms with E-state index in [1.807, 2.05) is 25.1 Å². The van der Waals surface area contributed by atoms with Crippen LogP contribution in [0.15, 0.2) is 24.3 Å². The van der Waals surface area contributed by atoms with Crippen molar-refractivity contribution < 1.29 is 9.59 Å². The topological polar surface area (TPSA) is 34.1 Å². The van der Waals surface area contributed by atoms with Crippen LogP contribution in [-0.2, 0) is 4.79 Å². The van der Waals surface area contributed by atoms with Crippen molar-refractivity contribution >= 4 is 11.6 Å². The van der Waals surface area contributed by atoms with E-state index < -0.39 is 5.92 Å². The zero-order valence-electron chi connectivity index (χ0n) is 8.28. The fourth-order valence-corrected chi connectivity index (χ4v) is 2.23. The van der Waals surface area contributed by atoms with Gasteiger partial charge < -0.3 is 0 Å². The Morgan fingerprint density at radius 1 is 1.29 bits per heavy atom. The summed E-state index contributed by atoms with van der Waals surface area (Å²) in [4.78, 5) is 23.1. The first-order chi connectivity index (χ1) is 6.63. The van der Waals surface area contributed by atoms with Gasteiger partial charge in [-0.3, -0.25) is 9.59 Å². The molecule has 0 aliphatic heterocycles. The van der Waals surface area contributed by atoms with Crippen molar-refractivity contribution in [2.75, 3.05) is 0 Å².